The van der Waals surface area contributed by atoms with E-state index in [9.17, 15) is 0 Å². The smallest absolute Gasteiger partial charge is 0.00390 e. The summed E-state index contributed by atoms with van der Waals surface area (Å²) in [5.74, 6) is 0. The molecule has 0 aromatic heterocycles. The van der Waals surface area contributed by atoms with Crippen molar-refractivity contribution < 1.29 is 0 Å². The van der Waals surface area contributed by atoms with Gasteiger partial charge in [0.1, 0.15) is 0 Å². The molecule has 1 rings (SSSR count). The van der Waals surface area contributed by atoms with Crippen LogP contribution in [0.3, 0.4) is 0 Å². The van der Waals surface area contributed by atoms with Gasteiger partial charge in [0.05, 0.1) is 0 Å². The monoisotopic (exact) mass is 226 g/mol. The first kappa shape index (κ1) is 14.0. The molecule has 96 valence electrons. The van der Waals surface area contributed by atoms with E-state index in [1.807, 2.05) is 0 Å². The molecule has 0 spiro atoms. The molecule has 1 aliphatic heterocycles. The summed E-state index contributed by atoms with van der Waals surface area (Å²) in [5, 5.41) is 3.49. The van der Waals surface area contributed by atoms with Gasteiger partial charge in [-0.15, -0.1) is 0 Å². The normalized spacial score (nSPS) is 21.4. The molecule has 1 N–H and O–H groups in total. The van der Waals surface area contributed by atoms with Crippen molar-refractivity contribution in [3.05, 3.63) is 0 Å². The minimum absolute atomic E-state index is 0.694. The highest BCUT2D eigenvalue weighted by atomic mass is 15.1. The van der Waals surface area contributed by atoms with E-state index in [0.29, 0.717) is 6.04 Å². The molecule has 1 heterocycles. The van der Waals surface area contributed by atoms with E-state index >= 15 is 0 Å². The van der Waals surface area contributed by atoms with Crippen LogP contribution in [0.25, 0.3) is 0 Å². The highest BCUT2D eigenvalue weighted by Crippen LogP contribution is 2.11. The van der Waals surface area contributed by atoms with Gasteiger partial charge in [-0.1, -0.05) is 26.2 Å². The Labute approximate surface area is 102 Å². The van der Waals surface area contributed by atoms with E-state index in [1.165, 1.54) is 64.6 Å². The lowest BCUT2D eigenvalue weighted by Crippen LogP contribution is -2.30. The van der Waals surface area contributed by atoms with Gasteiger partial charge in [-0.2, -0.15) is 0 Å². The largest absolute Gasteiger partial charge is 0.315 e. The first-order chi connectivity index (χ1) is 7.83. The second-order valence-corrected chi connectivity index (χ2v) is 5.21. The third-order valence-electron chi connectivity index (χ3n) is 3.61. The molecule has 0 aliphatic carbocycles. The summed E-state index contributed by atoms with van der Waals surface area (Å²) in [5.41, 5.74) is 0. The number of likely N-dealkylation sites (tertiary alicyclic amines) is 1. The highest BCUT2D eigenvalue weighted by molar-refractivity contribution is 4.65. The molecule has 16 heavy (non-hydrogen) atoms. The first-order valence-electron chi connectivity index (χ1n) is 7.28. The van der Waals surface area contributed by atoms with Crippen molar-refractivity contribution in [1.82, 2.24) is 10.2 Å². The number of hydrogen-bond acceptors (Lipinski definition) is 2. The Bertz CT molecular complexity index is 151. The lowest BCUT2D eigenvalue weighted by Gasteiger charge is -2.25. The van der Waals surface area contributed by atoms with Crippen molar-refractivity contribution in [1.29, 1.82) is 0 Å². The lowest BCUT2D eigenvalue weighted by atomic mass is 10.1. The maximum atomic E-state index is 3.49. The second-order valence-electron chi connectivity index (χ2n) is 5.21. The van der Waals surface area contributed by atoms with Gasteiger partial charge in [0.25, 0.3) is 0 Å². The molecule has 0 bridgehead atoms. The van der Waals surface area contributed by atoms with E-state index in [1.54, 1.807) is 0 Å². The molecule has 1 aliphatic rings. The molecular weight excluding hydrogens is 196 g/mol. The van der Waals surface area contributed by atoms with Crippen molar-refractivity contribution in [3.63, 3.8) is 0 Å². The topological polar surface area (TPSA) is 15.3 Å². The quantitative estimate of drug-likeness (QED) is 0.749. The van der Waals surface area contributed by atoms with E-state index in [0.717, 1.165) is 6.54 Å². The van der Waals surface area contributed by atoms with Gasteiger partial charge in [-0.3, -0.25) is 0 Å². The molecule has 1 unspecified atom stereocenters. The number of hydrogen-bond donors (Lipinski definition) is 1. The number of rotatable bonds is 6. The summed E-state index contributed by atoms with van der Waals surface area (Å²) >= 11 is 0. The molecule has 0 saturated carbocycles. The van der Waals surface area contributed by atoms with Gasteiger partial charge in [0, 0.05) is 6.04 Å². The number of nitrogens with zero attached hydrogens (tertiary/aromatic N) is 1. The van der Waals surface area contributed by atoms with Gasteiger partial charge < -0.3 is 10.2 Å². The number of nitrogens with one attached hydrogen (secondary N) is 1. The molecule has 2 heteroatoms. The van der Waals surface area contributed by atoms with Gasteiger partial charge in [0.15, 0.2) is 0 Å². The Balaban J connectivity index is 2.05. The van der Waals surface area contributed by atoms with Crippen molar-refractivity contribution >= 4 is 0 Å². The summed E-state index contributed by atoms with van der Waals surface area (Å²) in [6.45, 7) is 9.59. The van der Waals surface area contributed by atoms with Gasteiger partial charge in [-0.05, 0) is 58.8 Å². The minimum atomic E-state index is 0.694. The summed E-state index contributed by atoms with van der Waals surface area (Å²) in [4.78, 5) is 2.68. The Morgan fingerprint density at radius 3 is 2.31 bits per heavy atom. The van der Waals surface area contributed by atoms with Gasteiger partial charge >= 0.3 is 0 Å². The Kier molecular flexibility index (Phi) is 7.87. The van der Waals surface area contributed by atoms with Crippen LogP contribution in [0.5, 0.6) is 0 Å². The van der Waals surface area contributed by atoms with E-state index in [2.05, 4.69) is 24.1 Å². The second kappa shape index (κ2) is 9.00. The Morgan fingerprint density at radius 2 is 1.69 bits per heavy atom. The van der Waals surface area contributed by atoms with E-state index in [-0.39, 0.29) is 0 Å². The van der Waals surface area contributed by atoms with E-state index < -0.39 is 0 Å². The predicted octanol–water partition coefficient (Wildman–Crippen LogP) is 3.03. The first-order valence-corrected chi connectivity index (χ1v) is 7.28. The maximum Gasteiger partial charge on any atom is 0.00390 e. The SMILES string of the molecule is CCNC(C)CCCN1CCCCCCC1. The van der Waals surface area contributed by atoms with Crippen LogP contribution >= 0.6 is 0 Å². The van der Waals surface area contributed by atoms with Crippen LogP contribution in [0.4, 0.5) is 0 Å². The van der Waals surface area contributed by atoms with Crippen LogP contribution in [-0.4, -0.2) is 37.1 Å². The van der Waals surface area contributed by atoms with Crippen LogP contribution in [-0.2, 0) is 0 Å². The van der Waals surface area contributed by atoms with Gasteiger partial charge in [-0.25, -0.2) is 0 Å². The summed E-state index contributed by atoms with van der Waals surface area (Å²) in [7, 11) is 0. The van der Waals surface area contributed by atoms with Crippen molar-refractivity contribution in [2.45, 2.75) is 64.8 Å². The van der Waals surface area contributed by atoms with Crippen LogP contribution < -0.4 is 5.32 Å². The Hall–Kier alpha value is -0.0800. The third kappa shape index (κ3) is 6.49. The molecule has 1 saturated heterocycles. The highest BCUT2D eigenvalue weighted by Gasteiger charge is 2.08. The maximum absolute atomic E-state index is 3.49. The Morgan fingerprint density at radius 1 is 1.06 bits per heavy atom. The van der Waals surface area contributed by atoms with Gasteiger partial charge in [0.2, 0.25) is 0 Å². The predicted molar refractivity (Wildman–Crippen MR) is 71.9 cm³/mol. The van der Waals surface area contributed by atoms with Crippen molar-refractivity contribution in [2.24, 2.45) is 0 Å². The fourth-order valence-electron chi connectivity index (χ4n) is 2.61. The average Bonchev–Trinajstić information content (AvgIpc) is 2.21. The summed E-state index contributed by atoms with van der Waals surface area (Å²) in [6.07, 6.45) is 9.88. The van der Waals surface area contributed by atoms with Crippen molar-refractivity contribution in [3.8, 4) is 0 Å². The van der Waals surface area contributed by atoms with Crippen LogP contribution in [0.15, 0.2) is 0 Å². The molecule has 0 aromatic carbocycles. The van der Waals surface area contributed by atoms with Crippen LogP contribution in [0, 0.1) is 0 Å². The van der Waals surface area contributed by atoms with E-state index in [4.69, 9.17) is 0 Å². The third-order valence-corrected chi connectivity index (χ3v) is 3.61. The molecular formula is C14H30N2. The van der Waals surface area contributed by atoms with Crippen LogP contribution in [0.1, 0.15) is 58.8 Å². The molecule has 0 amide bonds. The lowest BCUT2D eigenvalue weighted by molar-refractivity contribution is 0.240. The summed E-state index contributed by atoms with van der Waals surface area (Å²) in [6, 6.07) is 0.694. The summed E-state index contributed by atoms with van der Waals surface area (Å²) < 4.78 is 0. The van der Waals surface area contributed by atoms with Crippen LogP contribution in [0.2, 0.25) is 0 Å². The fraction of sp³-hybridized carbons (Fsp3) is 1.00. The zero-order valence-electron chi connectivity index (χ0n) is 11.3. The average molecular weight is 226 g/mol. The fourth-order valence-corrected chi connectivity index (χ4v) is 2.61. The molecule has 0 aromatic rings. The minimum Gasteiger partial charge on any atom is -0.315 e. The molecule has 2 nitrogen and oxygen atoms in total. The van der Waals surface area contributed by atoms with Crippen molar-refractivity contribution in [2.75, 3.05) is 26.2 Å². The zero-order valence-corrected chi connectivity index (χ0v) is 11.3. The molecule has 1 fully saturated rings. The zero-order chi connectivity index (χ0) is 11.6. The molecule has 1 atom stereocenters. The molecule has 0 radical (unpaired) electrons. The standard InChI is InChI=1S/C14H30N2/c1-3-15-14(2)10-9-13-16-11-7-5-4-6-8-12-16/h14-15H,3-13H2,1-2H3.